The van der Waals surface area contributed by atoms with Crippen LogP contribution in [0.1, 0.15) is 6.42 Å². The van der Waals surface area contributed by atoms with Crippen molar-refractivity contribution in [3.63, 3.8) is 0 Å². The molecule has 19 heavy (non-hydrogen) atoms. The van der Waals surface area contributed by atoms with Crippen molar-refractivity contribution < 1.29 is 0 Å². The topological polar surface area (TPSA) is 56.8 Å². The summed E-state index contributed by atoms with van der Waals surface area (Å²) < 4.78 is 0. The van der Waals surface area contributed by atoms with E-state index in [1.807, 2.05) is 24.3 Å². The predicted octanol–water partition coefficient (Wildman–Crippen LogP) is 1.92. The molecule has 2 aromatic rings. The van der Waals surface area contributed by atoms with Crippen LogP contribution in [0.15, 0.2) is 24.3 Å². The third-order valence-corrected chi connectivity index (χ3v) is 3.43. The van der Waals surface area contributed by atoms with Crippen LogP contribution in [0, 0.1) is 0 Å². The van der Waals surface area contributed by atoms with E-state index in [4.69, 9.17) is 11.6 Å². The van der Waals surface area contributed by atoms with Crippen LogP contribution >= 0.6 is 11.6 Å². The molecule has 0 unspecified atom stereocenters. The number of nitrogens with one attached hydrogen (secondary N) is 2. The van der Waals surface area contributed by atoms with Crippen molar-refractivity contribution in [1.29, 1.82) is 0 Å². The fourth-order valence-electron chi connectivity index (χ4n) is 2.20. The molecule has 1 aliphatic rings. The molecule has 2 N–H and O–H groups in total. The van der Waals surface area contributed by atoms with Crippen molar-refractivity contribution in [2.24, 2.45) is 0 Å². The smallest absolute Gasteiger partial charge is 0.245 e. The minimum Gasteiger partial charge on any atom is -0.338 e. The minimum atomic E-state index is 0.703. The standard InChI is InChI=1S/C13H16ClN5/c14-11-4-1-3-10(9-11)12-16-13(18-17-12)19-7-2-5-15-6-8-19/h1,3-4,9,15H,2,5-8H2,(H,16,17,18). The van der Waals surface area contributed by atoms with Gasteiger partial charge in [0.1, 0.15) is 0 Å². The van der Waals surface area contributed by atoms with Crippen LogP contribution in [0.25, 0.3) is 11.4 Å². The van der Waals surface area contributed by atoms with Crippen molar-refractivity contribution in [1.82, 2.24) is 20.5 Å². The van der Waals surface area contributed by atoms with E-state index in [0.717, 1.165) is 49.9 Å². The van der Waals surface area contributed by atoms with Gasteiger partial charge in [-0.05, 0) is 25.1 Å². The number of nitrogens with zero attached hydrogens (tertiary/aromatic N) is 3. The molecule has 0 amide bonds. The summed E-state index contributed by atoms with van der Waals surface area (Å²) >= 11 is 5.99. The van der Waals surface area contributed by atoms with Crippen molar-refractivity contribution >= 4 is 17.5 Å². The first-order chi connectivity index (χ1) is 9.33. The molecule has 0 bridgehead atoms. The van der Waals surface area contributed by atoms with Crippen LogP contribution in [0.2, 0.25) is 5.02 Å². The van der Waals surface area contributed by atoms with Crippen LogP contribution in [-0.2, 0) is 0 Å². The lowest BCUT2D eigenvalue weighted by molar-refractivity contribution is 0.724. The second-order valence-electron chi connectivity index (χ2n) is 4.58. The highest BCUT2D eigenvalue weighted by atomic mass is 35.5. The molecule has 0 saturated carbocycles. The van der Waals surface area contributed by atoms with Gasteiger partial charge in [0.15, 0.2) is 5.82 Å². The van der Waals surface area contributed by atoms with E-state index >= 15 is 0 Å². The van der Waals surface area contributed by atoms with Crippen LogP contribution in [0.3, 0.4) is 0 Å². The summed E-state index contributed by atoms with van der Waals surface area (Å²) in [6, 6.07) is 7.62. The molecular weight excluding hydrogens is 262 g/mol. The monoisotopic (exact) mass is 277 g/mol. The van der Waals surface area contributed by atoms with Gasteiger partial charge < -0.3 is 10.2 Å². The van der Waals surface area contributed by atoms with Crippen molar-refractivity contribution in [2.75, 3.05) is 31.1 Å². The Labute approximate surface area is 117 Å². The van der Waals surface area contributed by atoms with E-state index in [9.17, 15) is 0 Å². The number of aromatic nitrogens is 3. The molecule has 2 heterocycles. The summed E-state index contributed by atoms with van der Waals surface area (Å²) in [5.74, 6) is 1.52. The van der Waals surface area contributed by atoms with Crippen molar-refractivity contribution in [2.45, 2.75) is 6.42 Å². The number of anilines is 1. The first kappa shape index (κ1) is 12.4. The van der Waals surface area contributed by atoms with Gasteiger partial charge in [0.05, 0.1) is 0 Å². The van der Waals surface area contributed by atoms with Crippen LogP contribution in [0.5, 0.6) is 0 Å². The number of H-pyrrole nitrogens is 1. The lowest BCUT2D eigenvalue weighted by Gasteiger charge is -2.16. The molecule has 0 aliphatic carbocycles. The molecule has 0 radical (unpaired) electrons. The molecule has 6 heteroatoms. The summed E-state index contributed by atoms with van der Waals surface area (Å²) in [5, 5.41) is 11.4. The maximum absolute atomic E-state index is 5.99. The Bertz CT molecular complexity index is 545. The zero-order chi connectivity index (χ0) is 13.1. The van der Waals surface area contributed by atoms with E-state index in [1.54, 1.807) is 0 Å². The minimum absolute atomic E-state index is 0.703. The molecule has 0 atom stereocenters. The average Bonchev–Trinajstić information content (AvgIpc) is 2.75. The second kappa shape index (κ2) is 5.59. The van der Waals surface area contributed by atoms with E-state index in [1.165, 1.54) is 0 Å². The van der Waals surface area contributed by atoms with E-state index in [2.05, 4.69) is 25.4 Å². The molecule has 1 fully saturated rings. The van der Waals surface area contributed by atoms with Gasteiger partial charge in [-0.25, -0.2) is 0 Å². The van der Waals surface area contributed by atoms with Crippen molar-refractivity contribution in [3.8, 4) is 11.4 Å². The lowest BCUT2D eigenvalue weighted by atomic mass is 10.2. The Morgan fingerprint density at radius 2 is 2.16 bits per heavy atom. The highest BCUT2D eigenvalue weighted by molar-refractivity contribution is 6.30. The molecule has 1 aromatic carbocycles. The molecule has 3 rings (SSSR count). The van der Waals surface area contributed by atoms with Gasteiger partial charge in [-0.2, -0.15) is 4.98 Å². The maximum atomic E-state index is 5.99. The summed E-state index contributed by atoms with van der Waals surface area (Å²) in [5.41, 5.74) is 0.958. The SMILES string of the molecule is Clc1cccc(-c2nc(N3CCCNCC3)n[nH]2)c1. The number of aromatic amines is 1. The summed E-state index contributed by atoms with van der Waals surface area (Å²) in [7, 11) is 0. The fraction of sp³-hybridized carbons (Fsp3) is 0.385. The van der Waals surface area contributed by atoms with Gasteiger partial charge in [-0.3, -0.25) is 5.10 Å². The van der Waals surface area contributed by atoms with Crippen LogP contribution < -0.4 is 10.2 Å². The van der Waals surface area contributed by atoms with Gasteiger partial charge in [-0.15, -0.1) is 5.10 Å². The maximum Gasteiger partial charge on any atom is 0.245 e. The normalized spacial score (nSPS) is 16.4. The molecule has 1 saturated heterocycles. The van der Waals surface area contributed by atoms with E-state index < -0.39 is 0 Å². The summed E-state index contributed by atoms with van der Waals surface area (Å²) in [4.78, 5) is 6.76. The molecule has 100 valence electrons. The largest absolute Gasteiger partial charge is 0.338 e. The van der Waals surface area contributed by atoms with Crippen LogP contribution in [-0.4, -0.2) is 41.4 Å². The number of hydrogen-bond acceptors (Lipinski definition) is 4. The van der Waals surface area contributed by atoms with Gasteiger partial charge in [0.2, 0.25) is 5.95 Å². The molecule has 1 aromatic heterocycles. The Morgan fingerprint density at radius 1 is 1.21 bits per heavy atom. The quantitative estimate of drug-likeness (QED) is 0.881. The molecule has 0 spiro atoms. The van der Waals surface area contributed by atoms with Gasteiger partial charge in [-0.1, -0.05) is 23.7 Å². The van der Waals surface area contributed by atoms with Crippen molar-refractivity contribution in [3.05, 3.63) is 29.3 Å². The Balaban J connectivity index is 1.82. The third-order valence-electron chi connectivity index (χ3n) is 3.19. The van der Waals surface area contributed by atoms with Crippen LogP contribution in [0.4, 0.5) is 5.95 Å². The highest BCUT2D eigenvalue weighted by Gasteiger charge is 2.14. The zero-order valence-corrected chi connectivity index (χ0v) is 11.3. The predicted molar refractivity (Wildman–Crippen MR) is 76.5 cm³/mol. The summed E-state index contributed by atoms with van der Waals surface area (Å²) in [6.45, 7) is 3.95. The van der Waals surface area contributed by atoms with Gasteiger partial charge >= 0.3 is 0 Å². The van der Waals surface area contributed by atoms with Gasteiger partial charge in [0.25, 0.3) is 0 Å². The zero-order valence-electron chi connectivity index (χ0n) is 10.6. The molecule has 5 nitrogen and oxygen atoms in total. The van der Waals surface area contributed by atoms with Gasteiger partial charge in [0, 0.05) is 30.2 Å². The Hall–Kier alpha value is -1.59. The number of halogens is 1. The lowest BCUT2D eigenvalue weighted by Crippen LogP contribution is -2.28. The Kier molecular flexibility index (Phi) is 3.66. The molecule has 1 aliphatic heterocycles. The number of benzene rings is 1. The van der Waals surface area contributed by atoms with E-state index in [0.29, 0.717) is 5.02 Å². The Morgan fingerprint density at radius 3 is 3.05 bits per heavy atom. The first-order valence-electron chi connectivity index (χ1n) is 6.47. The highest BCUT2D eigenvalue weighted by Crippen LogP contribution is 2.21. The number of rotatable bonds is 2. The number of hydrogen-bond donors (Lipinski definition) is 2. The van der Waals surface area contributed by atoms with E-state index in [-0.39, 0.29) is 0 Å². The summed E-state index contributed by atoms with van der Waals surface area (Å²) in [6.07, 6.45) is 1.11. The first-order valence-corrected chi connectivity index (χ1v) is 6.85. The third kappa shape index (κ3) is 2.88. The average molecular weight is 278 g/mol. The fourth-order valence-corrected chi connectivity index (χ4v) is 2.40. The molecular formula is C13H16ClN5. The second-order valence-corrected chi connectivity index (χ2v) is 5.02.